The van der Waals surface area contributed by atoms with Crippen molar-refractivity contribution in [2.75, 3.05) is 14.2 Å². The van der Waals surface area contributed by atoms with Crippen molar-refractivity contribution in [1.29, 1.82) is 0 Å². The van der Waals surface area contributed by atoms with Gasteiger partial charge in [-0.15, -0.1) is 0 Å². The number of rotatable bonds is 3. The maximum absolute atomic E-state index is 5.45. The molecule has 0 amide bonds. The number of aryl methyl sites for hydroxylation is 1. The molecular weight excluding hydrogens is 318 g/mol. The lowest BCUT2D eigenvalue weighted by molar-refractivity contribution is 0.365. The van der Waals surface area contributed by atoms with Crippen molar-refractivity contribution in [1.82, 2.24) is 10.3 Å². The zero-order valence-corrected chi connectivity index (χ0v) is 14.9. The molecule has 124 valence electrons. The first-order chi connectivity index (χ1) is 11.6. The summed E-state index contributed by atoms with van der Waals surface area (Å²) < 4.78 is 5.25. The highest BCUT2D eigenvalue weighted by Crippen LogP contribution is 2.33. The first-order valence-electron chi connectivity index (χ1n) is 7.92. The summed E-state index contributed by atoms with van der Waals surface area (Å²) in [5.74, 6) is 0.847. The summed E-state index contributed by atoms with van der Waals surface area (Å²) in [7, 11) is 3.50. The summed E-state index contributed by atoms with van der Waals surface area (Å²) in [5.41, 5.74) is 4.60. The smallest absolute Gasteiger partial charge is 0.189 e. The van der Waals surface area contributed by atoms with E-state index in [1.54, 1.807) is 7.11 Å². The lowest BCUT2D eigenvalue weighted by Gasteiger charge is -2.23. The summed E-state index contributed by atoms with van der Waals surface area (Å²) in [5, 5.41) is 10.3. The van der Waals surface area contributed by atoms with Gasteiger partial charge in [-0.1, -0.05) is 42.0 Å². The topological polar surface area (TPSA) is 36.9 Å². The van der Waals surface area contributed by atoms with Crippen molar-refractivity contribution in [2.45, 2.75) is 19.4 Å². The minimum Gasteiger partial charge on any atom is -0.497 e. The van der Waals surface area contributed by atoms with Crippen LogP contribution in [0.25, 0.3) is 0 Å². The molecular formula is C19H21N3OS. The number of thiocarbonyl (C=S) groups is 1. The Hall–Kier alpha value is -2.40. The molecule has 0 radical (unpaired) electrons. The number of hydrogen-bond donors (Lipinski definition) is 1. The van der Waals surface area contributed by atoms with Gasteiger partial charge >= 0.3 is 0 Å². The number of nitrogens with one attached hydrogen (secondary N) is 1. The van der Waals surface area contributed by atoms with Crippen molar-refractivity contribution in [3.63, 3.8) is 0 Å². The van der Waals surface area contributed by atoms with E-state index in [4.69, 9.17) is 22.1 Å². The number of nitrogens with zero attached hydrogens (tertiary/aromatic N) is 2. The van der Waals surface area contributed by atoms with Crippen LogP contribution in [0.15, 0.2) is 53.6 Å². The van der Waals surface area contributed by atoms with Gasteiger partial charge in [0.25, 0.3) is 0 Å². The van der Waals surface area contributed by atoms with Crippen LogP contribution in [-0.4, -0.2) is 30.0 Å². The Kier molecular flexibility index (Phi) is 4.81. The minimum atomic E-state index is 0.0892. The summed E-state index contributed by atoms with van der Waals surface area (Å²) in [4.78, 5) is 0. The van der Waals surface area contributed by atoms with Gasteiger partial charge in [0, 0.05) is 13.5 Å². The summed E-state index contributed by atoms with van der Waals surface area (Å²) in [6.07, 6.45) is 0.817. The average Bonchev–Trinajstić information content (AvgIpc) is 3.06. The molecule has 1 aliphatic heterocycles. The fourth-order valence-corrected chi connectivity index (χ4v) is 3.07. The van der Waals surface area contributed by atoms with E-state index < -0.39 is 0 Å². The van der Waals surface area contributed by atoms with Gasteiger partial charge in [0.05, 0.1) is 18.9 Å². The zero-order valence-electron chi connectivity index (χ0n) is 14.1. The van der Waals surface area contributed by atoms with Gasteiger partial charge < -0.3 is 10.1 Å². The second-order valence-corrected chi connectivity index (χ2v) is 6.20. The normalized spacial score (nSPS) is 16.7. The van der Waals surface area contributed by atoms with E-state index in [-0.39, 0.29) is 6.04 Å². The molecule has 2 aromatic carbocycles. The molecule has 0 saturated carbocycles. The van der Waals surface area contributed by atoms with Crippen LogP contribution in [0.3, 0.4) is 0 Å². The van der Waals surface area contributed by atoms with Crippen LogP contribution in [0.4, 0.5) is 0 Å². The number of benzene rings is 2. The quantitative estimate of drug-likeness (QED) is 0.866. The Morgan fingerprint density at radius 3 is 2.62 bits per heavy atom. The Labute approximate surface area is 148 Å². The third-order valence-electron chi connectivity index (χ3n) is 4.18. The first-order valence-corrected chi connectivity index (χ1v) is 8.32. The van der Waals surface area contributed by atoms with Crippen molar-refractivity contribution in [3.8, 4) is 5.75 Å². The lowest BCUT2D eigenvalue weighted by atomic mass is 9.98. The molecule has 0 spiro atoms. The molecule has 0 bridgehead atoms. The number of hydrogen-bond acceptors (Lipinski definition) is 3. The van der Waals surface area contributed by atoms with Gasteiger partial charge in [-0.25, -0.2) is 5.01 Å². The van der Waals surface area contributed by atoms with Crippen LogP contribution in [0.5, 0.6) is 5.75 Å². The van der Waals surface area contributed by atoms with Crippen molar-refractivity contribution in [3.05, 3.63) is 65.2 Å². The summed E-state index contributed by atoms with van der Waals surface area (Å²) in [6.45, 7) is 2.09. The Morgan fingerprint density at radius 1 is 1.25 bits per heavy atom. The van der Waals surface area contributed by atoms with Gasteiger partial charge in [0.15, 0.2) is 5.11 Å². The number of ether oxygens (including phenoxy) is 1. The van der Waals surface area contributed by atoms with Crippen LogP contribution < -0.4 is 10.1 Å². The van der Waals surface area contributed by atoms with Crippen LogP contribution >= 0.6 is 12.2 Å². The van der Waals surface area contributed by atoms with E-state index in [2.05, 4.69) is 48.6 Å². The number of hydrazone groups is 1. The maximum atomic E-state index is 5.45. The van der Waals surface area contributed by atoms with E-state index >= 15 is 0 Å². The van der Waals surface area contributed by atoms with Gasteiger partial charge in [-0.05, 0) is 42.4 Å². The van der Waals surface area contributed by atoms with E-state index in [0.29, 0.717) is 5.11 Å². The highest BCUT2D eigenvalue weighted by Gasteiger charge is 2.31. The molecule has 4 nitrogen and oxygen atoms in total. The van der Waals surface area contributed by atoms with Crippen molar-refractivity contribution < 1.29 is 4.74 Å². The Bertz CT molecular complexity index is 770. The first kappa shape index (κ1) is 16.5. The molecule has 0 fully saturated rings. The molecule has 3 rings (SSSR count). The second-order valence-electron chi connectivity index (χ2n) is 5.81. The number of methoxy groups -OCH3 is 1. The van der Waals surface area contributed by atoms with Crippen LogP contribution in [0.2, 0.25) is 0 Å². The van der Waals surface area contributed by atoms with Crippen LogP contribution in [-0.2, 0) is 0 Å². The monoisotopic (exact) mass is 339 g/mol. The highest BCUT2D eigenvalue weighted by molar-refractivity contribution is 7.80. The Morgan fingerprint density at radius 2 is 2.00 bits per heavy atom. The molecule has 1 heterocycles. The van der Waals surface area contributed by atoms with Crippen molar-refractivity contribution in [2.24, 2.45) is 5.10 Å². The minimum absolute atomic E-state index is 0.0892. The standard InChI is InChI=1S/C19H21N3OS/c1-13-5-4-6-15(11-13)17-12-18(22(21-17)19(24)20-2)14-7-9-16(23-3)10-8-14/h4-11,18H,12H2,1-3H3,(H,20,24)/t18-/m0/s1. The van der Waals surface area contributed by atoms with Gasteiger partial charge in [0.1, 0.15) is 5.75 Å². The molecule has 5 heteroatoms. The second kappa shape index (κ2) is 7.01. The van der Waals surface area contributed by atoms with Gasteiger partial charge in [-0.3, -0.25) is 0 Å². The van der Waals surface area contributed by atoms with E-state index in [9.17, 15) is 0 Å². The van der Waals surface area contributed by atoms with Crippen molar-refractivity contribution >= 4 is 23.0 Å². The summed E-state index contributed by atoms with van der Waals surface area (Å²) >= 11 is 5.45. The van der Waals surface area contributed by atoms with Crippen LogP contribution in [0, 0.1) is 6.92 Å². The van der Waals surface area contributed by atoms with Gasteiger partial charge in [-0.2, -0.15) is 5.10 Å². The predicted molar refractivity (Wildman–Crippen MR) is 102 cm³/mol. The molecule has 1 N–H and O–H groups in total. The lowest BCUT2D eigenvalue weighted by Crippen LogP contribution is -2.34. The van der Waals surface area contributed by atoms with Gasteiger partial charge in [0.2, 0.25) is 0 Å². The third kappa shape index (κ3) is 3.26. The molecule has 1 aliphatic rings. The molecule has 24 heavy (non-hydrogen) atoms. The molecule has 2 aromatic rings. The van der Waals surface area contributed by atoms with Crippen LogP contribution in [0.1, 0.15) is 29.2 Å². The van der Waals surface area contributed by atoms with E-state index in [1.807, 2.05) is 24.2 Å². The summed E-state index contributed by atoms with van der Waals surface area (Å²) in [6, 6.07) is 16.6. The van der Waals surface area contributed by atoms with E-state index in [0.717, 1.165) is 23.4 Å². The molecule has 0 unspecified atom stereocenters. The highest BCUT2D eigenvalue weighted by atomic mass is 32.1. The molecule has 0 saturated heterocycles. The fraction of sp³-hybridized carbons (Fsp3) is 0.263. The SMILES string of the molecule is CNC(=S)N1N=C(c2cccc(C)c2)C[C@H]1c1ccc(OC)cc1. The molecule has 0 aliphatic carbocycles. The predicted octanol–water partition coefficient (Wildman–Crippen LogP) is 3.66. The fourth-order valence-electron chi connectivity index (χ4n) is 2.90. The maximum Gasteiger partial charge on any atom is 0.189 e. The third-order valence-corrected chi connectivity index (χ3v) is 4.58. The van der Waals surface area contributed by atoms with E-state index in [1.165, 1.54) is 11.1 Å². The molecule has 1 atom stereocenters. The Balaban J connectivity index is 1.93. The largest absolute Gasteiger partial charge is 0.497 e. The molecule has 0 aromatic heterocycles. The average molecular weight is 339 g/mol. The zero-order chi connectivity index (χ0) is 17.1.